The van der Waals surface area contributed by atoms with Gasteiger partial charge in [0.15, 0.2) is 10.6 Å². The van der Waals surface area contributed by atoms with E-state index in [1.165, 1.54) is 29.1 Å². The van der Waals surface area contributed by atoms with Crippen LogP contribution in [0.5, 0.6) is 0 Å². The normalized spacial score (nSPS) is 14.1. The van der Waals surface area contributed by atoms with E-state index in [0.29, 0.717) is 16.5 Å². The van der Waals surface area contributed by atoms with E-state index in [9.17, 15) is 18.4 Å². The summed E-state index contributed by atoms with van der Waals surface area (Å²) >= 11 is 2.91. The summed E-state index contributed by atoms with van der Waals surface area (Å²) in [6.45, 7) is 1.35. The number of benzene rings is 1. The summed E-state index contributed by atoms with van der Waals surface area (Å²) in [7, 11) is 0. The zero-order valence-electron chi connectivity index (χ0n) is 17.4. The first-order valence-corrected chi connectivity index (χ1v) is 12.1. The highest BCUT2D eigenvalue weighted by molar-refractivity contribution is 7.23. The van der Waals surface area contributed by atoms with E-state index in [0.717, 1.165) is 52.8 Å². The predicted molar refractivity (Wildman–Crippen MR) is 126 cm³/mol. The number of halogens is 2. The van der Waals surface area contributed by atoms with Crippen LogP contribution in [-0.2, 0) is 11.3 Å². The third-order valence-electron chi connectivity index (χ3n) is 5.37. The van der Waals surface area contributed by atoms with Crippen molar-refractivity contribution in [2.24, 2.45) is 0 Å². The van der Waals surface area contributed by atoms with Crippen LogP contribution in [0.3, 0.4) is 0 Å². The van der Waals surface area contributed by atoms with Crippen LogP contribution in [0.4, 0.5) is 19.6 Å². The third kappa shape index (κ3) is 4.38. The van der Waals surface area contributed by atoms with E-state index in [1.807, 2.05) is 17.5 Å². The van der Waals surface area contributed by atoms with Crippen LogP contribution in [0, 0.1) is 11.6 Å². The zero-order chi connectivity index (χ0) is 22.9. The minimum absolute atomic E-state index is 0.171. The first kappa shape index (κ1) is 21.7. The summed E-state index contributed by atoms with van der Waals surface area (Å²) in [5.74, 6) is -2.30. The summed E-state index contributed by atoms with van der Waals surface area (Å²) < 4.78 is 28.8. The molecule has 0 aliphatic carbocycles. The Kier molecular flexibility index (Phi) is 5.90. The largest absolute Gasteiger partial charge is 0.348 e. The molecule has 33 heavy (non-hydrogen) atoms. The highest BCUT2D eigenvalue weighted by Crippen LogP contribution is 2.36. The van der Waals surface area contributed by atoms with Crippen molar-refractivity contribution in [1.82, 2.24) is 14.8 Å². The second-order valence-electron chi connectivity index (χ2n) is 7.68. The van der Waals surface area contributed by atoms with Crippen molar-refractivity contribution in [3.8, 4) is 10.6 Å². The van der Waals surface area contributed by atoms with Crippen molar-refractivity contribution in [2.75, 3.05) is 23.3 Å². The smallest absolute Gasteiger partial charge is 0.294 e. The lowest BCUT2D eigenvalue weighted by Gasteiger charge is -2.25. The number of carbonyl (C=O) groups excluding carboxylic acids is 1. The van der Waals surface area contributed by atoms with E-state index in [2.05, 4.69) is 20.3 Å². The Labute approximate surface area is 195 Å². The number of rotatable bonds is 5. The van der Waals surface area contributed by atoms with Crippen LogP contribution in [0.25, 0.3) is 20.8 Å². The van der Waals surface area contributed by atoms with Gasteiger partial charge in [0.1, 0.15) is 23.9 Å². The molecule has 4 aromatic rings. The molecule has 0 saturated carbocycles. The molecule has 1 aliphatic heterocycles. The second-order valence-corrected chi connectivity index (χ2v) is 9.61. The molecule has 1 amide bonds. The number of thiazole rings is 1. The topological polar surface area (TPSA) is 80.1 Å². The van der Waals surface area contributed by atoms with E-state index in [-0.39, 0.29) is 11.2 Å². The predicted octanol–water partition coefficient (Wildman–Crippen LogP) is 4.49. The molecule has 1 aliphatic rings. The van der Waals surface area contributed by atoms with Crippen LogP contribution in [0.15, 0.2) is 40.5 Å². The van der Waals surface area contributed by atoms with Gasteiger partial charge in [0.2, 0.25) is 5.91 Å². The van der Waals surface area contributed by atoms with Crippen LogP contribution in [0.1, 0.15) is 19.3 Å². The molecule has 1 aromatic carbocycles. The molecule has 1 fully saturated rings. The van der Waals surface area contributed by atoms with Crippen molar-refractivity contribution in [3.05, 3.63) is 57.7 Å². The lowest BCUT2D eigenvalue weighted by Crippen LogP contribution is -2.31. The molecular formula is C22H19F2N5O2S2. The van der Waals surface area contributed by atoms with Crippen LogP contribution in [-0.4, -0.2) is 33.8 Å². The number of thiophene rings is 1. The Morgan fingerprint density at radius 3 is 2.70 bits per heavy atom. The van der Waals surface area contributed by atoms with Gasteiger partial charge in [-0.25, -0.2) is 18.4 Å². The number of nitrogens with zero attached hydrogens (tertiary/aromatic N) is 4. The molecule has 0 atom stereocenters. The molecule has 170 valence electrons. The maximum atomic E-state index is 13.9. The number of fused-ring (bicyclic) bond motifs is 1. The fraction of sp³-hybridized carbons (Fsp3) is 0.273. The van der Waals surface area contributed by atoms with Gasteiger partial charge in [-0.15, -0.1) is 11.3 Å². The standard InChI is InChI=1S/C22H19F2N5O2S2/c23-13-6-7-15(14(24)11-13)25-17(30)12-29-21(31)19-20(18(27-29)16-5-4-10-32-16)33-22(26-19)28-8-2-1-3-9-28/h4-7,10-11H,1-3,8-9,12H2,(H,25,30). The van der Waals surface area contributed by atoms with E-state index < -0.39 is 29.6 Å². The Morgan fingerprint density at radius 1 is 1.15 bits per heavy atom. The van der Waals surface area contributed by atoms with Gasteiger partial charge < -0.3 is 10.2 Å². The quantitative estimate of drug-likeness (QED) is 0.449. The summed E-state index contributed by atoms with van der Waals surface area (Å²) in [5.41, 5.74) is 0.190. The van der Waals surface area contributed by atoms with Crippen molar-refractivity contribution in [1.29, 1.82) is 0 Å². The first-order valence-electron chi connectivity index (χ1n) is 10.4. The van der Waals surface area contributed by atoms with Crippen molar-refractivity contribution in [3.63, 3.8) is 0 Å². The minimum Gasteiger partial charge on any atom is -0.348 e. The lowest BCUT2D eigenvalue weighted by atomic mass is 10.1. The van der Waals surface area contributed by atoms with Gasteiger partial charge >= 0.3 is 0 Å². The van der Waals surface area contributed by atoms with Crippen molar-refractivity contribution >= 4 is 49.6 Å². The molecule has 3 aromatic heterocycles. The number of hydrogen-bond donors (Lipinski definition) is 1. The second kappa shape index (κ2) is 8.99. The molecule has 0 spiro atoms. The number of amides is 1. The van der Waals surface area contributed by atoms with Gasteiger partial charge in [-0.1, -0.05) is 17.4 Å². The molecule has 11 heteroatoms. The summed E-state index contributed by atoms with van der Waals surface area (Å²) in [6.07, 6.45) is 3.34. The summed E-state index contributed by atoms with van der Waals surface area (Å²) in [5, 5.41) is 9.53. The Balaban J connectivity index is 1.52. The van der Waals surface area contributed by atoms with Gasteiger partial charge in [-0.3, -0.25) is 9.59 Å². The average Bonchev–Trinajstić information content (AvgIpc) is 3.49. The molecule has 0 bridgehead atoms. The molecule has 5 rings (SSSR count). The number of nitrogens with one attached hydrogen (secondary N) is 1. The number of carbonyl (C=O) groups is 1. The average molecular weight is 488 g/mol. The summed E-state index contributed by atoms with van der Waals surface area (Å²) in [4.78, 5) is 33.4. The summed E-state index contributed by atoms with van der Waals surface area (Å²) in [6, 6.07) is 6.64. The zero-order valence-corrected chi connectivity index (χ0v) is 19.0. The van der Waals surface area contributed by atoms with Crippen molar-refractivity contribution < 1.29 is 13.6 Å². The van der Waals surface area contributed by atoms with Gasteiger partial charge in [-0.05, 0) is 42.8 Å². The Morgan fingerprint density at radius 2 is 1.97 bits per heavy atom. The highest BCUT2D eigenvalue weighted by Gasteiger charge is 2.22. The Hall–Kier alpha value is -3.18. The SMILES string of the molecule is O=C(Cn1nc(-c2cccs2)c2sc(N3CCCCC3)nc2c1=O)Nc1ccc(F)cc1F. The van der Waals surface area contributed by atoms with E-state index in [4.69, 9.17) is 0 Å². The van der Waals surface area contributed by atoms with E-state index >= 15 is 0 Å². The maximum Gasteiger partial charge on any atom is 0.294 e. The molecular weight excluding hydrogens is 468 g/mol. The maximum absolute atomic E-state index is 13.9. The lowest BCUT2D eigenvalue weighted by molar-refractivity contribution is -0.117. The number of hydrogen-bond acceptors (Lipinski definition) is 7. The van der Waals surface area contributed by atoms with Crippen LogP contribution >= 0.6 is 22.7 Å². The van der Waals surface area contributed by atoms with Gasteiger partial charge in [0, 0.05) is 19.2 Å². The molecule has 1 saturated heterocycles. The molecule has 1 N–H and O–H groups in total. The van der Waals surface area contributed by atoms with Gasteiger partial charge in [0.05, 0.1) is 15.3 Å². The molecule has 0 radical (unpaired) electrons. The van der Waals surface area contributed by atoms with Gasteiger partial charge in [0.25, 0.3) is 5.56 Å². The number of aromatic nitrogens is 3. The molecule has 0 unspecified atom stereocenters. The van der Waals surface area contributed by atoms with E-state index in [1.54, 1.807) is 0 Å². The van der Waals surface area contributed by atoms with Crippen molar-refractivity contribution in [2.45, 2.75) is 25.8 Å². The Bertz CT molecular complexity index is 1380. The van der Waals surface area contributed by atoms with Gasteiger partial charge in [-0.2, -0.15) is 5.10 Å². The molecule has 7 nitrogen and oxygen atoms in total. The fourth-order valence-electron chi connectivity index (χ4n) is 3.77. The first-order chi connectivity index (χ1) is 16.0. The molecule has 4 heterocycles. The number of anilines is 2. The fourth-order valence-corrected chi connectivity index (χ4v) is 5.66. The van der Waals surface area contributed by atoms with Crippen LogP contribution in [0.2, 0.25) is 0 Å². The monoisotopic (exact) mass is 487 g/mol. The number of piperidine rings is 1. The third-order valence-corrected chi connectivity index (χ3v) is 7.37. The van der Waals surface area contributed by atoms with Crippen LogP contribution < -0.4 is 15.8 Å². The minimum atomic E-state index is -0.899. The highest BCUT2D eigenvalue weighted by atomic mass is 32.1.